The number of piperidine rings is 1. The van der Waals surface area contributed by atoms with Crippen LogP contribution in [0, 0.1) is 5.92 Å². The Morgan fingerprint density at radius 3 is 2.29 bits per heavy atom. The smallest absolute Gasteiger partial charge is 0.326 e. The first-order valence-corrected chi connectivity index (χ1v) is 6.50. The maximum absolute atomic E-state index is 13.2. The molecule has 0 saturated carbocycles. The zero-order valence-corrected chi connectivity index (χ0v) is 11.4. The van der Waals surface area contributed by atoms with Crippen molar-refractivity contribution in [2.24, 2.45) is 11.7 Å². The van der Waals surface area contributed by atoms with Gasteiger partial charge < -0.3 is 5.73 Å². The third-order valence-corrected chi connectivity index (χ3v) is 3.39. The molecular formula is C14H15F3N2O2. The quantitative estimate of drug-likeness (QED) is 0.853. The van der Waals surface area contributed by atoms with Crippen molar-refractivity contribution in [2.45, 2.75) is 32.5 Å². The van der Waals surface area contributed by atoms with E-state index in [4.69, 9.17) is 5.73 Å². The van der Waals surface area contributed by atoms with Gasteiger partial charge >= 0.3 is 6.18 Å². The molecule has 2 amide bonds. The van der Waals surface area contributed by atoms with E-state index >= 15 is 0 Å². The van der Waals surface area contributed by atoms with Gasteiger partial charge in [0.25, 0.3) is 0 Å². The summed E-state index contributed by atoms with van der Waals surface area (Å²) >= 11 is 0. The standard InChI is InChI=1S/C14H15F3N2O2/c1-8-4-12(20)19(13(21)5-8)11-3-2-9(7-18)6-10(11)14(15,16)17/h2-3,6,8H,4-5,7,18H2,1H3. The number of alkyl halides is 3. The van der Waals surface area contributed by atoms with Gasteiger partial charge in [0.1, 0.15) is 0 Å². The van der Waals surface area contributed by atoms with Crippen LogP contribution in [0.5, 0.6) is 0 Å². The minimum atomic E-state index is -4.66. The molecule has 21 heavy (non-hydrogen) atoms. The third-order valence-electron chi connectivity index (χ3n) is 3.39. The highest BCUT2D eigenvalue weighted by atomic mass is 19.4. The Labute approximate surface area is 119 Å². The van der Waals surface area contributed by atoms with Gasteiger partial charge in [-0.3, -0.25) is 9.59 Å². The molecule has 4 nitrogen and oxygen atoms in total. The summed E-state index contributed by atoms with van der Waals surface area (Å²) in [5.74, 6) is -1.37. The molecule has 1 aliphatic rings. The van der Waals surface area contributed by atoms with Crippen LogP contribution in [-0.4, -0.2) is 11.8 Å². The lowest BCUT2D eigenvalue weighted by Gasteiger charge is -2.30. The molecule has 1 aliphatic heterocycles. The van der Waals surface area contributed by atoms with Gasteiger partial charge in [-0.15, -0.1) is 0 Å². The van der Waals surface area contributed by atoms with Gasteiger partial charge in [-0.05, 0) is 23.6 Å². The second-order valence-electron chi connectivity index (χ2n) is 5.19. The predicted molar refractivity (Wildman–Crippen MR) is 70.2 cm³/mol. The summed E-state index contributed by atoms with van der Waals surface area (Å²) in [7, 11) is 0. The van der Waals surface area contributed by atoms with E-state index in [1.54, 1.807) is 6.92 Å². The van der Waals surface area contributed by atoms with Crippen molar-refractivity contribution >= 4 is 17.5 Å². The van der Waals surface area contributed by atoms with Crippen molar-refractivity contribution in [2.75, 3.05) is 4.90 Å². The molecule has 0 unspecified atom stereocenters. The largest absolute Gasteiger partial charge is 0.418 e. The van der Waals surface area contributed by atoms with Crippen molar-refractivity contribution in [1.82, 2.24) is 0 Å². The molecule has 1 aromatic rings. The summed E-state index contributed by atoms with van der Waals surface area (Å²) in [6.45, 7) is 1.66. The van der Waals surface area contributed by atoms with Crippen LogP contribution in [0.1, 0.15) is 30.9 Å². The maximum Gasteiger partial charge on any atom is 0.418 e. The molecule has 7 heteroatoms. The number of rotatable bonds is 2. The van der Waals surface area contributed by atoms with Crippen LogP contribution in [0.4, 0.5) is 18.9 Å². The van der Waals surface area contributed by atoms with Crippen molar-refractivity contribution in [3.8, 4) is 0 Å². The first-order valence-electron chi connectivity index (χ1n) is 6.50. The van der Waals surface area contributed by atoms with E-state index < -0.39 is 29.2 Å². The number of benzene rings is 1. The number of halogens is 3. The average Bonchev–Trinajstić information content (AvgIpc) is 2.36. The highest BCUT2D eigenvalue weighted by Crippen LogP contribution is 2.39. The zero-order chi connectivity index (χ0) is 15.8. The first-order chi connectivity index (χ1) is 9.74. The van der Waals surface area contributed by atoms with Crippen molar-refractivity contribution in [3.63, 3.8) is 0 Å². The first kappa shape index (κ1) is 15.5. The van der Waals surface area contributed by atoms with E-state index in [2.05, 4.69) is 0 Å². The lowest BCUT2D eigenvalue weighted by Crippen LogP contribution is -2.43. The highest BCUT2D eigenvalue weighted by Gasteiger charge is 2.40. The molecule has 1 saturated heterocycles. The number of imide groups is 1. The Morgan fingerprint density at radius 2 is 1.81 bits per heavy atom. The minimum absolute atomic E-state index is 0.0533. The molecule has 114 valence electrons. The van der Waals surface area contributed by atoms with Crippen molar-refractivity contribution in [3.05, 3.63) is 29.3 Å². The minimum Gasteiger partial charge on any atom is -0.326 e. The molecule has 0 radical (unpaired) electrons. The second kappa shape index (κ2) is 5.48. The van der Waals surface area contributed by atoms with E-state index in [1.165, 1.54) is 6.07 Å². The fraction of sp³-hybridized carbons (Fsp3) is 0.429. The Morgan fingerprint density at radius 1 is 1.24 bits per heavy atom. The highest BCUT2D eigenvalue weighted by molar-refractivity contribution is 6.17. The summed E-state index contributed by atoms with van der Waals surface area (Å²) in [5, 5.41) is 0. The maximum atomic E-state index is 13.2. The van der Waals surface area contributed by atoms with Crippen LogP contribution >= 0.6 is 0 Å². The van der Waals surface area contributed by atoms with Crippen LogP contribution < -0.4 is 10.6 Å². The van der Waals surface area contributed by atoms with E-state index in [0.717, 1.165) is 12.1 Å². The van der Waals surface area contributed by atoms with Gasteiger partial charge in [0.2, 0.25) is 11.8 Å². The molecule has 2 N–H and O–H groups in total. The van der Waals surface area contributed by atoms with Crippen molar-refractivity contribution < 1.29 is 22.8 Å². The molecule has 1 heterocycles. The predicted octanol–water partition coefficient (Wildman–Crippen LogP) is 2.45. The van der Waals surface area contributed by atoms with Crippen LogP contribution in [0.3, 0.4) is 0 Å². The number of hydrogen-bond acceptors (Lipinski definition) is 3. The average molecular weight is 300 g/mol. The van der Waals surface area contributed by atoms with Gasteiger partial charge in [0, 0.05) is 19.4 Å². The Balaban J connectivity index is 2.53. The lowest BCUT2D eigenvalue weighted by atomic mass is 9.96. The topological polar surface area (TPSA) is 63.4 Å². The Kier molecular flexibility index (Phi) is 4.04. The van der Waals surface area contributed by atoms with Crippen LogP contribution in [0.25, 0.3) is 0 Å². The lowest BCUT2D eigenvalue weighted by molar-refractivity contribution is -0.137. The normalized spacial score (nSPS) is 17.5. The Bertz CT molecular complexity index is 566. The Hall–Kier alpha value is -1.89. The van der Waals surface area contributed by atoms with Gasteiger partial charge in [-0.1, -0.05) is 13.0 Å². The van der Waals surface area contributed by atoms with E-state index in [9.17, 15) is 22.8 Å². The number of anilines is 1. The van der Waals surface area contributed by atoms with Gasteiger partial charge in [0.05, 0.1) is 11.3 Å². The summed E-state index contributed by atoms with van der Waals surface area (Å²) in [6, 6.07) is 3.41. The molecule has 2 rings (SSSR count). The number of nitrogens with zero attached hydrogens (tertiary/aromatic N) is 1. The van der Waals surface area contributed by atoms with Crippen LogP contribution in [0.2, 0.25) is 0 Å². The van der Waals surface area contributed by atoms with Gasteiger partial charge in [-0.25, -0.2) is 4.90 Å². The third kappa shape index (κ3) is 3.07. The number of amides is 2. The van der Waals surface area contributed by atoms with E-state index in [1.807, 2.05) is 0 Å². The van der Waals surface area contributed by atoms with Gasteiger partial charge in [-0.2, -0.15) is 13.2 Å². The van der Waals surface area contributed by atoms with Gasteiger partial charge in [0.15, 0.2) is 0 Å². The zero-order valence-electron chi connectivity index (χ0n) is 11.4. The number of nitrogens with two attached hydrogens (primary N) is 1. The van der Waals surface area contributed by atoms with E-state index in [0.29, 0.717) is 4.90 Å². The fourth-order valence-electron chi connectivity index (χ4n) is 2.39. The molecule has 0 spiro atoms. The molecule has 0 aromatic heterocycles. The molecule has 0 aliphatic carbocycles. The molecule has 1 aromatic carbocycles. The number of hydrogen-bond donors (Lipinski definition) is 1. The molecule has 0 bridgehead atoms. The fourth-order valence-corrected chi connectivity index (χ4v) is 2.39. The second-order valence-corrected chi connectivity index (χ2v) is 5.19. The summed E-state index contributed by atoms with van der Waals surface area (Å²) in [4.78, 5) is 24.6. The van der Waals surface area contributed by atoms with Crippen LogP contribution in [0.15, 0.2) is 18.2 Å². The van der Waals surface area contributed by atoms with E-state index in [-0.39, 0.29) is 30.9 Å². The number of carbonyl (C=O) groups excluding carboxylic acids is 2. The number of carbonyl (C=O) groups is 2. The molecule has 0 atom stereocenters. The van der Waals surface area contributed by atoms with Crippen molar-refractivity contribution in [1.29, 1.82) is 0 Å². The summed E-state index contributed by atoms with van der Waals surface area (Å²) in [6.07, 6.45) is -4.55. The summed E-state index contributed by atoms with van der Waals surface area (Å²) < 4.78 is 39.5. The van der Waals surface area contributed by atoms with Crippen LogP contribution in [-0.2, 0) is 22.3 Å². The summed E-state index contributed by atoms with van der Waals surface area (Å²) in [5.41, 5.74) is 4.21. The molecule has 1 fully saturated rings. The monoisotopic (exact) mass is 300 g/mol. The molecular weight excluding hydrogens is 285 g/mol. The SMILES string of the molecule is CC1CC(=O)N(c2ccc(CN)cc2C(F)(F)F)C(=O)C1.